The van der Waals surface area contributed by atoms with Crippen LogP contribution in [0.25, 0.3) is 0 Å². The number of nitrogens with two attached hydrogens (primary N) is 1. The van der Waals surface area contributed by atoms with Crippen LogP contribution < -0.4 is 5.73 Å². The molecule has 1 amide bonds. The van der Waals surface area contributed by atoms with Gasteiger partial charge in [0.25, 0.3) is 0 Å². The fourth-order valence-electron chi connectivity index (χ4n) is 1.14. The van der Waals surface area contributed by atoms with Crippen LogP contribution in [0.1, 0.15) is 0 Å². The van der Waals surface area contributed by atoms with Crippen molar-refractivity contribution in [3.8, 4) is 0 Å². The third-order valence-corrected chi connectivity index (χ3v) is 1.91. The van der Waals surface area contributed by atoms with Crippen LogP contribution in [0.5, 0.6) is 0 Å². The molecule has 0 aromatic rings. The van der Waals surface area contributed by atoms with Crippen molar-refractivity contribution in [2.75, 3.05) is 0 Å². The standard InChI is InChI=1S/C7H11NO4/c8-7(12)3-1-2-4(9)6(11)5(3)10/h1-6,9-11H,(H2,8,12). The number of hydrogen-bond acceptors (Lipinski definition) is 4. The number of aliphatic hydroxyl groups is 3. The fraction of sp³-hybridized carbons (Fsp3) is 0.571. The summed E-state index contributed by atoms with van der Waals surface area (Å²) in [6.07, 6.45) is -1.25. The van der Waals surface area contributed by atoms with E-state index in [0.29, 0.717) is 0 Å². The lowest BCUT2D eigenvalue weighted by Crippen LogP contribution is -2.47. The summed E-state index contributed by atoms with van der Waals surface area (Å²) in [5.74, 6) is -1.63. The quantitative estimate of drug-likeness (QED) is 0.336. The fourth-order valence-corrected chi connectivity index (χ4v) is 1.14. The van der Waals surface area contributed by atoms with Gasteiger partial charge in [-0.15, -0.1) is 0 Å². The Morgan fingerprint density at radius 2 is 1.75 bits per heavy atom. The minimum Gasteiger partial charge on any atom is -0.389 e. The second kappa shape index (κ2) is 3.22. The van der Waals surface area contributed by atoms with E-state index >= 15 is 0 Å². The number of aliphatic hydroxyl groups excluding tert-OH is 3. The second-order valence-corrected chi connectivity index (χ2v) is 2.78. The van der Waals surface area contributed by atoms with Gasteiger partial charge >= 0.3 is 0 Å². The molecule has 68 valence electrons. The maximum absolute atomic E-state index is 10.6. The van der Waals surface area contributed by atoms with Crippen molar-refractivity contribution < 1.29 is 20.1 Å². The van der Waals surface area contributed by atoms with E-state index < -0.39 is 30.1 Å². The van der Waals surface area contributed by atoms with Gasteiger partial charge in [0, 0.05) is 0 Å². The number of amides is 1. The first-order valence-corrected chi connectivity index (χ1v) is 3.56. The summed E-state index contributed by atoms with van der Waals surface area (Å²) < 4.78 is 0. The molecule has 0 aromatic heterocycles. The molecule has 1 aliphatic rings. The molecule has 4 unspecified atom stereocenters. The summed E-state index contributed by atoms with van der Waals surface area (Å²) in [7, 11) is 0. The van der Waals surface area contributed by atoms with Gasteiger partial charge in [-0.3, -0.25) is 4.79 Å². The SMILES string of the molecule is NC(=O)C1C=CC(O)C(O)C1O. The van der Waals surface area contributed by atoms with Crippen LogP contribution in [-0.2, 0) is 4.79 Å². The van der Waals surface area contributed by atoms with Crippen LogP contribution in [0, 0.1) is 5.92 Å². The molecule has 1 aliphatic carbocycles. The molecule has 0 aromatic carbocycles. The van der Waals surface area contributed by atoms with Crippen LogP contribution in [0.4, 0.5) is 0 Å². The van der Waals surface area contributed by atoms with E-state index in [0.717, 1.165) is 0 Å². The van der Waals surface area contributed by atoms with Crippen molar-refractivity contribution >= 4 is 5.91 Å². The maximum atomic E-state index is 10.6. The van der Waals surface area contributed by atoms with Gasteiger partial charge in [-0.25, -0.2) is 0 Å². The minimum absolute atomic E-state index is 0.718. The Morgan fingerprint density at radius 3 is 2.25 bits per heavy atom. The van der Waals surface area contributed by atoms with E-state index in [4.69, 9.17) is 15.9 Å². The predicted octanol–water partition coefficient (Wildman–Crippen LogP) is -2.26. The Balaban J connectivity index is 2.81. The monoisotopic (exact) mass is 173 g/mol. The zero-order valence-electron chi connectivity index (χ0n) is 6.29. The molecule has 5 heteroatoms. The van der Waals surface area contributed by atoms with Crippen LogP contribution in [0.3, 0.4) is 0 Å². The van der Waals surface area contributed by atoms with Crippen LogP contribution in [-0.4, -0.2) is 39.5 Å². The molecule has 0 saturated heterocycles. The Bertz CT molecular complexity index is 215. The molecule has 12 heavy (non-hydrogen) atoms. The number of hydrogen-bond donors (Lipinski definition) is 4. The lowest BCUT2D eigenvalue weighted by molar-refractivity contribution is -0.129. The second-order valence-electron chi connectivity index (χ2n) is 2.78. The highest BCUT2D eigenvalue weighted by atomic mass is 16.4. The van der Waals surface area contributed by atoms with Crippen LogP contribution in [0.15, 0.2) is 12.2 Å². The molecule has 0 saturated carbocycles. The number of rotatable bonds is 1. The summed E-state index contributed by atoms with van der Waals surface area (Å²) in [6.45, 7) is 0. The highest BCUT2D eigenvalue weighted by Gasteiger charge is 2.35. The Labute approximate surface area is 69.1 Å². The summed E-state index contributed by atoms with van der Waals surface area (Å²) >= 11 is 0. The van der Waals surface area contributed by atoms with Gasteiger partial charge < -0.3 is 21.1 Å². The average molecular weight is 173 g/mol. The average Bonchev–Trinajstić information content (AvgIpc) is 2.00. The van der Waals surface area contributed by atoms with Crippen LogP contribution in [0.2, 0.25) is 0 Å². The smallest absolute Gasteiger partial charge is 0.227 e. The molecule has 0 spiro atoms. The third-order valence-electron chi connectivity index (χ3n) is 1.91. The molecule has 0 heterocycles. The van der Waals surface area contributed by atoms with Gasteiger partial charge in [0.1, 0.15) is 12.2 Å². The molecule has 0 fully saturated rings. The zero-order chi connectivity index (χ0) is 9.30. The summed E-state index contributed by atoms with van der Waals surface area (Å²) in [5.41, 5.74) is 4.92. The van der Waals surface area contributed by atoms with Gasteiger partial charge in [-0.2, -0.15) is 0 Å². The van der Waals surface area contributed by atoms with Crippen molar-refractivity contribution in [1.82, 2.24) is 0 Å². The third kappa shape index (κ3) is 1.47. The van der Waals surface area contributed by atoms with E-state index in [1.165, 1.54) is 12.2 Å². The Kier molecular flexibility index (Phi) is 2.46. The number of carbonyl (C=O) groups is 1. The van der Waals surface area contributed by atoms with Crippen molar-refractivity contribution in [3.63, 3.8) is 0 Å². The van der Waals surface area contributed by atoms with E-state index in [9.17, 15) is 9.90 Å². The minimum atomic E-state index is -1.34. The van der Waals surface area contributed by atoms with Gasteiger partial charge in [0.2, 0.25) is 5.91 Å². The first-order chi connectivity index (χ1) is 5.54. The van der Waals surface area contributed by atoms with Gasteiger partial charge in [0.15, 0.2) is 0 Å². The molecular formula is C7H11NO4. The summed E-state index contributed by atoms with van der Waals surface area (Å²) in [4.78, 5) is 10.6. The largest absolute Gasteiger partial charge is 0.389 e. The Morgan fingerprint density at radius 1 is 1.17 bits per heavy atom. The molecule has 4 atom stereocenters. The van der Waals surface area contributed by atoms with E-state index in [1.807, 2.05) is 0 Å². The lowest BCUT2D eigenvalue weighted by Gasteiger charge is -2.28. The molecular weight excluding hydrogens is 162 g/mol. The van der Waals surface area contributed by atoms with Gasteiger partial charge in [0.05, 0.1) is 12.0 Å². The number of carbonyl (C=O) groups excluding carboxylic acids is 1. The molecule has 0 aliphatic heterocycles. The summed E-state index contributed by atoms with van der Waals surface area (Å²) in [6, 6.07) is 0. The lowest BCUT2D eigenvalue weighted by atomic mass is 9.88. The van der Waals surface area contributed by atoms with Crippen molar-refractivity contribution in [2.45, 2.75) is 18.3 Å². The van der Waals surface area contributed by atoms with Crippen molar-refractivity contribution in [3.05, 3.63) is 12.2 Å². The highest BCUT2D eigenvalue weighted by molar-refractivity contribution is 5.79. The van der Waals surface area contributed by atoms with Crippen molar-refractivity contribution in [2.24, 2.45) is 11.7 Å². The van der Waals surface area contributed by atoms with E-state index in [-0.39, 0.29) is 0 Å². The molecule has 5 N–H and O–H groups in total. The first-order valence-electron chi connectivity index (χ1n) is 3.56. The van der Waals surface area contributed by atoms with Gasteiger partial charge in [-0.1, -0.05) is 12.2 Å². The molecule has 5 nitrogen and oxygen atoms in total. The number of primary amides is 1. The maximum Gasteiger partial charge on any atom is 0.227 e. The Hall–Kier alpha value is -0.910. The van der Waals surface area contributed by atoms with Crippen LogP contribution >= 0.6 is 0 Å². The topological polar surface area (TPSA) is 104 Å². The first kappa shape index (κ1) is 9.18. The molecule has 0 bridgehead atoms. The highest BCUT2D eigenvalue weighted by Crippen LogP contribution is 2.18. The zero-order valence-corrected chi connectivity index (χ0v) is 6.29. The summed E-state index contributed by atoms with van der Waals surface area (Å²) in [5, 5.41) is 27.3. The van der Waals surface area contributed by atoms with Gasteiger partial charge in [-0.05, 0) is 0 Å². The predicted molar refractivity (Wildman–Crippen MR) is 39.8 cm³/mol. The molecule has 1 rings (SSSR count). The van der Waals surface area contributed by atoms with Crippen molar-refractivity contribution in [1.29, 1.82) is 0 Å². The van der Waals surface area contributed by atoms with E-state index in [2.05, 4.69) is 0 Å². The molecule has 0 radical (unpaired) electrons. The van der Waals surface area contributed by atoms with E-state index in [1.54, 1.807) is 0 Å². The normalized spacial score (nSPS) is 41.2.